The van der Waals surface area contributed by atoms with Crippen LogP contribution in [0.2, 0.25) is 0 Å². The minimum Gasteiger partial charge on any atom is -0.388 e. The third-order valence-electron chi connectivity index (χ3n) is 4.40. The molecule has 0 fully saturated rings. The number of aromatic nitrogens is 1. The monoisotopic (exact) mass is 524 g/mol. The molecule has 3 N–H and O–H groups in total. The van der Waals surface area contributed by atoms with Gasteiger partial charge in [0, 0.05) is 26.1 Å². The van der Waals surface area contributed by atoms with Crippen molar-refractivity contribution in [3.8, 4) is 0 Å². The number of halogens is 1. The number of guanidine groups is 1. The van der Waals surface area contributed by atoms with Gasteiger partial charge in [-0.2, -0.15) is 0 Å². The molecular weight excluding hydrogens is 495 g/mol. The van der Waals surface area contributed by atoms with Crippen molar-refractivity contribution in [3.63, 3.8) is 0 Å². The van der Waals surface area contributed by atoms with Gasteiger partial charge < -0.3 is 15.7 Å². The van der Waals surface area contributed by atoms with Gasteiger partial charge in [0.15, 0.2) is 5.96 Å². The van der Waals surface area contributed by atoms with E-state index in [1.165, 1.54) is 9.71 Å². The Morgan fingerprint density at radius 1 is 1.10 bits per heavy atom. The van der Waals surface area contributed by atoms with Crippen LogP contribution >= 0.6 is 35.3 Å². The maximum Gasteiger partial charge on any atom is 0.191 e. The molecule has 0 aliphatic rings. The molecule has 0 spiro atoms. The minimum absolute atomic E-state index is 0. The minimum atomic E-state index is -0.462. The standard InChI is InChI=1S/C22H28N4OS.HI/c1-2-23-22(25-16-14-19(27)17-9-4-3-5-10-17)24-15-8-13-21-26-18-11-6-7-12-20(18)28-21;/h3-7,9-12,19,27H,2,8,13-16H2,1H3,(H2,23,24,25);1H. The van der Waals surface area contributed by atoms with Gasteiger partial charge in [-0.05, 0) is 37.5 Å². The highest BCUT2D eigenvalue weighted by Crippen LogP contribution is 2.22. The highest BCUT2D eigenvalue weighted by Gasteiger charge is 2.07. The van der Waals surface area contributed by atoms with Crippen molar-refractivity contribution in [1.82, 2.24) is 15.6 Å². The molecule has 1 atom stereocenters. The normalized spacial score (nSPS) is 12.4. The number of rotatable bonds is 9. The molecule has 0 bridgehead atoms. The highest BCUT2D eigenvalue weighted by atomic mass is 127. The van der Waals surface area contributed by atoms with E-state index >= 15 is 0 Å². The number of aliphatic imine (C=N–C) groups is 1. The third-order valence-corrected chi connectivity index (χ3v) is 5.49. The number of aliphatic hydroxyl groups is 1. The summed E-state index contributed by atoms with van der Waals surface area (Å²) in [6.07, 6.45) is 2.08. The first kappa shape index (κ1) is 23.6. The molecule has 0 radical (unpaired) electrons. The molecule has 2 aromatic carbocycles. The number of nitrogens with zero attached hydrogens (tertiary/aromatic N) is 2. The third kappa shape index (κ3) is 7.56. The molecule has 29 heavy (non-hydrogen) atoms. The van der Waals surface area contributed by atoms with Crippen LogP contribution in [0.3, 0.4) is 0 Å². The van der Waals surface area contributed by atoms with Crippen LogP contribution in [-0.2, 0) is 6.42 Å². The van der Waals surface area contributed by atoms with Crippen molar-refractivity contribution in [3.05, 3.63) is 65.2 Å². The highest BCUT2D eigenvalue weighted by molar-refractivity contribution is 14.0. The van der Waals surface area contributed by atoms with Gasteiger partial charge in [-0.1, -0.05) is 42.5 Å². The Morgan fingerprint density at radius 3 is 2.62 bits per heavy atom. The van der Waals surface area contributed by atoms with Crippen LogP contribution < -0.4 is 10.6 Å². The number of thiazole rings is 1. The Bertz CT molecular complexity index is 852. The smallest absolute Gasteiger partial charge is 0.191 e. The molecular formula is C22H29IN4OS. The Labute approximate surface area is 193 Å². The van der Waals surface area contributed by atoms with Crippen LogP contribution in [0.5, 0.6) is 0 Å². The van der Waals surface area contributed by atoms with E-state index in [1.807, 2.05) is 36.4 Å². The van der Waals surface area contributed by atoms with Gasteiger partial charge in [-0.15, -0.1) is 35.3 Å². The van der Waals surface area contributed by atoms with Gasteiger partial charge in [0.05, 0.1) is 21.3 Å². The van der Waals surface area contributed by atoms with E-state index in [1.54, 1.807) is 11.3 Å². The molecule has 1 aromatic heterocycles. The second-order valence-corrected chi connectivity index (χ2v) is 7.70. The van der Waals surface area contributed by atoms with E-state index < -0.39 is 6.10 Å². The zero-order valence-corrected chi connectivity index (χ0v) is 19.8. The quantitative estimate of drug-likeness (QED) is 0.167. The molecule has 5 nitrogen and oxygen atoms in total. The molecule has 0 amide bonds. The van der Waals surface area contributed by atoms with Crippen LogP contribution in [0.15, 0.2) is 59.6 Å². The molecule has 3 aromatic rings. The molecule has 1 heterocycles. The first-order chi connectivity index (χ1) is 13.8. The topological polar surface area (TPSA) is 69.5 Å². The summed E-state index contributed by atoms with van der Waals surface area (Å²) in [4.78, 5) is 9.32. The van der Waals surface area contributed by atoms with Gasteiger partial charge in [0.2, 0.25) is 0 Å². The first-order valence-electron chi connectivity index (χ1n) is 9.86. The zero-order valence-electron chi connectivity index (χ0n) is 16.7. The van der Waals surface area contributed by atoms with Crippen molar-refractivity contribution in [2.75, 3.05) is 19.6 Å². The lowest BCUT2D eigenvalue weighted by atomic mass is 10.1. The Balaban J connectivity index is 0.00000300. The maximum absolute atomic E-state index is 10.3. The Kier molecular flexibility index (Phi) is 10.4. The van der Waals surface area contributed by atoms with Crippen molar-refractivity contribution in [2.24, 2.45) is 4.99 Å². The van der Waals surface area contributed by atoms with E-state index in [-0.39, 0.29) is 24.0 Å². The molecule has 0 saturated heterocycles. The van der Waals surface area contributed by atoms with Crippen molar-refractivity contribution in [2.45, 2.75) is 32.3 Å². The fourth-order valence-corrected chi connectivity index (χ4v) is 3.97. The molecule has 0 aliphatic carbocycles. The predicted octanol–water partition coefficient (Wildman–Crippen LogP) is 4.53. The Hall–Kier alpha value is -1.71. The van der Waals surface area contributed by atoms with E-state index in [4.69, 9.17) is 0 Å². The fraction of sp³-hybridized carbons (Fsp3) is 0.364. The second kappa shape index (κ2) is 12.8. The average Bonchev–Trinajstić information content (AvgIpc) is 3.14. The van der Waals surface area contributed by atoms with Crippen LogP contribution in [0, 0.1) is 0 Å². The number of benzene rings is 2. The number of hydrogen-bond donors (Lipinski definition) is 3. The van der Waals surface area contributed by atoms with Gasteiger partial charge >= 0.3 is 0 Å². The average molecular weight is 524 g/mol. The Morgan fingerprint density at radius 2 is 1.86 bits per heavy atom. The summed E-state index contributed by atoms with van der Waals surface area (Å²) >= 11 is 1.76. The molecule has 0 aliphatic heterocycles. The largest absolute Gasteiger partial charge is 0.388 e. The second-order valence-electron chi connectivity index (χ2n) is 6.58. The predicted molar refractivity (Wildman–Crippen MR) is 133 cm³/mol. The molecule has 7 heteroatoms. The lowest BCUT2D eigenvalue weighted by molar-refractivity contribution is 0.168. The van der Waals surface area contributed by atoms with E-state index in [2.05, 4.69) is 45.7 Å². The summed E-state index contributed by atoms with van der Waals surface area (Å²) in [5.74, 6) is 0.798. The number of para-hydroxylation sites is 1. The van der Waals surface area contributed by atoms with Gasteiger partial charge in [-0.25, -0.2) is 4.98 Å². The molecule has 0 saturated carbocycles. The van der Waals surface area contributed by atoms with Gasteiger partial charge in [0.1, 0.15) is 0 Å². The number of hydrogen-bond acceptors (Lipinski definition) is 4. The number of fused-ring (bicyclic) bond motifs is 1. The number of aliphatic hydroxyl groups excluding tert-OH is 1. The summed E-state index contributed by atoms with van der Waals surface area (Å²) in [5, 5.41) is 18.0. The summed E-state index contributed by atoms with van der Waals surface area (Å²) in [6.45, 7) is 4.27. The summed E-state index contributed by atoms with van der Waals surface area (Å²) in [6, 6.07) is 18.0. The van der Waals surface area contributed by atoms with Crippen molar-refractivity contribution >= 4 is 51.5 Å². The zero-order chi connectivity index (χ0) is 19.6. The van der Waals surface area contributed by atoms with Crippen LogP contribution in [0.1, 0.15) is 36.4 Å². The van der Waals surface area contributed by atoms with Crippen molar-refractivity contribution in [1.29, 1.82) is 0 Å². The first-order valence-corrected chi connectivity index (χ1v) is 10.7. The molecule has 3 rings (SSSR count). The van der Waals surface area contributed by atoms with Crippen LogP contribution in [0.4, 0.5) is 0 Å². The van der Waals surface area contributed by atoms with E-state index in [9.17, 15) is 5.11 Å². The fourth-order valence-electron chi connectivity index (χ4n) is 2.96. The molecule has 1 unspecified atom stereocenters. The van der Waals surface area contributed by atoms with Gasteiger partial charge in [0.25, 0.3) is 0 Å². The SMILES string of the molecule is CCNC(=NCCCc1nc2ccccc2s1)NCCC(O)c1ccccc1.I. The summed E-state index contributed by atoms with van der Waals surface area (Å²) < 4.78 is 1.24. The lowest BCUT2D eigenvalue weighted by Gasteiger charge is -2.14. The van der Waals surface area contributed by atoms with E-state index in [0.29, 0.717) is 13.0 Å². The van der Waals surface area contributed by atoms with E-state index in [0.717, 1.165) is 43.0 Å². The number of nitrogens with one attached hydrogen (secondary N) is 2. The van der Waals surface area contributed by atoms with Crippen LogP contribution in [-0.4, -0.2) is 35.7 Å². The summed E-state index contributed by atoms with van der Waals surface area (Å²) in [5.41, 5.74) is 2.03. The summed E-state index contributed by atoms with van der Waals surface area (Å²) in [7, 11) is 0. The van der Waals surface area contributed by atoms with Crippen molar-refractivity contribution < 1.29 is 5.11 Å². The van der Waals surface area contributed by atoms with Gasteiger partial charge in [-0.3, -0.25) is 4.99 Å². The molecule has 156 valence electrons. The number of aryl methyl sites for hydroxylation is 1. The lowest BCUT2D eigenvalue weighted by Crippen LogP contribution is -2.38. The maximum atomic E-state index is 10.3. The van der Waals surface area contributed by atoms with Crippen LogP contribution in [0.25, 0.3) is 10.2 Å².